The maximum Gasteiger partial charge on any atom is 0.202 e. The molecule has 26 heavy (non-hydrogen) atoms. The Bertz CT molecular complexity index is 986. The summed E-state index contributed by atoms with van der Waals surface area (Å²) in [6.07, 6.45) is 1.81. The number of phenolic OH excluding ortho intramolecular Hbond substituents is 1. The summed E-state index contributed by atoms with van der Waals surface area (Å²) in [4.78, 5) is 39.0. The van der Waals surface area contributed by atoms with Crippen molar-refractivity contribution in [2.24, 2.45) is 5.92 Å². The Kier molecular flexibility index (Phi) is 3.68. The molecule has 0 unspecified atom stereocenters. The normalized spacial score (nSPS) is 18.2. The molecule has 5 nitrogen and oxygen atoms in total. The molecule has 0 amide bonds. The molecule has 0 aromatic heterocycles. The van der Waals surface area contributed by atoms with E-state index in [2.05, 4.69) is 0 Å². The van der Waals surface area contributed by atoms with E-state index >= 15 is 0 Å². The van der Waals surface area contributed by atoms with Crippen LogP contribution in [-0.2, 0) is 6.42 Å². The Morgan fingerprint density at radius 1 is 1.04 bits per heavy atom. The van der Waals surface area contributed by atoms with Crippen molar-refractivity contribution in [1.29, 1.82) is 0 Å². The Morgan fingerprint density at radius 3 is 2.50 bits per heavy atom. The van der Waals surface area contributed by atoms with E-state index < -0.39 is 11.6 Å². The predicted octanol–water partition coefficient (Wildman–Crippen LogP) is 3.33. The van der Waals surface area contributed by atoms with Gasteiger partial charge in [0.15, 0.2) is 11.6 Å². The summed E-state index contributed by atoms with van der Waals surface area (Å²) in [7, 11) is 1.42. The van der Waals surface area contributed by atoms with Gasteiger partial charge in [0.1, 0.15) is 11.5 Å². The number of carbonyl (C=O) groups excluding carboxylic acids is 3. The van der Waals surface area contributed by atoms with Crippen molar-refractivity contribution in [3.8, 4) is 11.5 Å². The molecular weight excluding hydrogens is 332 g/mol. The first-order valence-electron chi connectivity index (χ1n) is 8.66. The first-order chi connectivity index (χ1) is 12.5. The van der Waals surface area contributed by atoms with Gasteiger partial charge in [0.05, 0.1) is 18.2 Å². The van der Waals surface area contributed by atoms with Crippen LogP contribution in [0.4, 0.5) is 0 Å². The number of aromatic hydroxyl groups is 1. The highest BCUT2D eigenvalue weighted by atomic mass is 16.5. The zero-order valence-electron chi connectivity index (χ0n) is 14.6. The summed E-state index contributed by atoms with van der Waals surface area (Å²) in [5, 5.41) is 10.5. The molecule has 0 fully saturated rings. The lowest BCUT2D eigenvalue weighted by atomic mass is 9.73. The second-order valence-corrected chi connectivity index (χ2v) is 6.83. The van der Waals surface area contributed by atoms with Crippen molar-refractivity contribution in [2.45, 2.75) is 26.2 Å². The van der Waals surface area contributed by atoms with Crippen molar-refractivity contribution in [3.63, 3.8) is 0 Å². The first kappa shape index (κ1) is 16.5. The average Bonchev–Trinajstić information content (AvgIpc) is 2.64. The number of benzene rings is 2. The highest BCUT2D eigenvalue weighted by Gasteiger charge is 2.40. The smallest absolute Gasteiger partial charge is 0.202 e. The van der Waals surface area contributed by atoms with Crippen LogP contribution in [0.2, 0.25) is 0 Å². The predicted molar refractivity (Wildman–Crippen MR) is 94.4 cm³/mol. The van der Waals surface area contributed by atoms with E-state index in [1.54, 1.807) is 18.2 Å². The number of hydrogen-bond donors (Lipinski definition) is 1. The van der Waals surface area contributed by atoms with Gasteiger partial charge in [0.25, 0.3) is 0 Å². The van der Waals surface area contributed by atoms with E-state index in [0.717, 1.165) is 6.42 Å². The second-order valence-electron chi connectivity index (χ2n) is 6.83. The lowest BCUT2D eigenvalue weighted by Crippen LogP contribution is -2.29. The van der Waals surface area contributed by atoms with E-state index in [-0.39, 0.29) is 45.5 Å². The number of Topliss-reactive ketones (excluding diaryl/α,β-unsaturated/α-hetero) is 1. The molecule has 2 aliphatic carbocycles. The SMILES string of the molecule is CC[C@@H]1CC(=O)c2c(cc(O)c3c2C(=O)c2cccc(OC)c2C3=O)C1. The van der Waals surface area contributed by atoms with Crippen LogP contribution in [0.25, 0.3) is 0 Å². The fourth-order valence-corrected chi connectivity index (χ4v) is 4.08. The summed E-state index contributed by atoms with van der Waals surface area (Å²) < 4.78 is 5.23. The van der Waals surface area contributed by atoms with Gasteiger partial charge in [-0.25, -0.2) is 0 Å². The molecule has 2 aromatic carbocycles. The monoisotopic (exact) mass is 350 g/mol. The van der Waals surface area contributed by atoms with Crippen molar-refractivity contribution >= 4 is 17.3 Å². The van der Waals surface area contributed by atoms with E-state index in [0.29, 0.717) is 24.0 Å². The van der Waals surface area contributed by atoms with Crippen LogP contribution in [0.15, 0.2) is 24.3 Å². The number of ketones is 3. The third-order valence-corrected chi connectivity index (χ3v) is 5.40. The zero-order valence-corrected chi connectivity index (χ0v) is 14.6. The van der Waals surface area contributed by atoms with Crippen LogP contribution < -0.4 is 4.74 Å². The van der Waals surface area contributed by atoms with Crippen LogP contribution in [0.3, 0.4) is 0 Å². The average molecular weight is 350 g/mol. The van der Waals surface area contributed by atoms with Crippen LogP contribution in [0.1, 0.15) is 67.5 Å². The molecule has 2 aromatic rings. The lowest BCUT2D eigenvalue weighted by molar-refractivity contribution is 0.0930. The maximum absolute atomic E-state index is 13.2. The quantitative estimate of drug-likeness (QED) is 0.767. The van der Waals surface area contributed by atoms with Crippen molar-refractivity contribution in [1.82, 2.24) is 0 Å². The molecule has 0 bridgehead atoms. The summed E-state index contributed by atoms with van der Waals surface area (Å²) in [6, 6.07) is 6.26. The third kappa shape index (κ3) is 2.13. The lowest BCUT2D eigenvalue weighted by Gasteiger charge is -2.28. The van der Waals surface area contributed by atoms with Gasteiger partial charge in [-0.2, -0.15) is 0 Å². The summed E-state index contributed by atoms with van der Waals surface area (Å²) in [6.45, 7) is 2.01. The fourth-order valence-electron chi connectivity index (χ4n) is 4.08. The van der Waals surface area contributed by atoms with Crippen LogP contribution in [0, 0.1) is 5.92 Å². The molecule has 0 heterocycles. The molecule has 4 rings (SSSR count). The molecule has 0 radical (unpaired) electrons. The summed E-state index contributed by atoms with van der Waals surface area (Å²) in [5.41, 5.74) is 1.25. The van der Waals surface area contributed by atoms with Crippen LogP contribution >= 0.6 is 0 Å². The summed E-state index contributed by atoms with van der Waals surface area (Å²) in [5.74, 6) is -0.822. The Balaban J connectivity index is 2.02. The number of fused-ring (bicyclic) bond motifs is 4. The number of ether oxygens (including phenoxy) is 1. The standard InChI is InChI=1S/C21H18O5/c1-3-10-7-11-9-14(23)18-19(16(11)13(22)8-10)20(24)12-5-4-6-15(26-2)17(12)21(18)25/h4-6,9-10,23H,3,7-8H2,1-2H3/t10-/m0/s1. The van der Waals surface area contributed by atoms with Gasteiger partial charge in [0.2, 0.25) is 5.78 Å². The summed E-state index contributed by atoms with van der Waals surface area (Å²) >= 11 is 0. The largest absolute Gasteiger partial charge is 0.507 e. The molecule has 0 spiro atoms. The number of rotatable bonds is 2. The van der Waals surface area contributed by atoms with Gasteiger partial charge in [0, 0.05) is 23.1 Å². The van der Waals surface area contributed by atoms with E-state index in [1.165, 1.54) is 13.2 Å². The molecule has 0 saturated heterocycles. The fraction of sp³-hybridized carbons (Fsp3) is 0.286. The van der Waals surface area contributed by atoms with Gasteiger partial charge in [-0.15, -0.1) is 0 Å². The van der Waals surface area contributed by atoms with Crippen molar-refractivity contribution in [2.75, 3.05) is 7.11 Å². The van der Waals surface area contributed by atoms with E-state index in [4.69, 9.17) is 4.74 Å². The topological polar surface area (TPSA) is 80.7 Å². The van der Waals surface area contributed by atoms with E-state index in [1.807, 2.05) is 6.92 Å². The Labute approximate surface area is 150 Å². The Hall–Kier alpha value is -2.95. The van der Waals surface area contributed by atoms with E-state index in [9.17, 15) is 19.5 Å². The molecule has 1 atom stereocenters. The molecule has 0 aliphatic heterocycles. The first-order valence-corrected chi connectivity index (χ1v) is 8.66. The van der Waals surface area contributed by atoms with Gasteiger partial charge < -0.3 is 9.84 Å². The number of methoxy groups -OCH3 is 1. The highest BCUT2D eigenvalue weighted by Crippen LogP contribution is 2.42. The third-order valence-electron chi connectivity index (χ3n) is 5.40. The minimum absolute atomic E-state index is 0.0466. The molecule has 132 valence electrons. The molecule has 0 saturated carbocycles. The van der Waals surface area contributed by atoms with Crippen LogP contribution in [0.5, 0.6) is 11.5 Å². The minimum atomic E-state index is -0.488. The van der Waals surface area contributed by atoms with Gasteiger partial charge >= 0.3 is 0 Å². The highest BCUT2D eigenvalue weighted by molar-refractivity contribution is 6.32. The zero-order chi connectivity index (χ0) is 18.6. The number of carbonyl (C=O) groups is 3. The number of phenols is 1. The molecule has 5 heteroatoms. The maximum atomic E-state index is 13.2. The van der Waals surface area contributed by atoms with Crippen molar-refractivity contribution < 1.29 is 24.2 Å². The minimum Gasteiger partial charge on any atom is -0.507 e. The van der Waals surface area contributed by atoms with Crippen LogP contribution in [-0.4, -0.2) is 29.6 Å². The molecular formula is C21H18O5. The van der Waals surface area contributed by atoms with Crippen molar-refractivity contribution in [3.05, 3.63) is 57.6 Å². The molecule has 1 N–H and O–H groups in total. The van der Waals surface area contributed by atoms with Gasteiger partial charge in [-0.3, -0.25) is 14.4 Å². The van der Waals surface area contributed by atoms with Gasteiger partial charge in [-0.1, -0.05) is 25.5 Å². The second kappa shape index (κ2) is 5.80. The van der Waals surface area contributed by atoms with Gasteiger partial charge in [-0.05, 0) is 30.0 Å². The Morgan fingerprint density at radius 2 is 1.81 bits per heavy atom. The number of hydrogen-bond acceptors (Lipinski definition) is 5. The molecule has 2 aliphatic rings.